The van der Waals surface area contributed by atoms with Crippen LogP contribution in [-0.4, -0.2) is 328 Å². The van der Waals surface area contributed by atoms with Crippen LogP contribution < -0.4 is 0 Å². The van der Waals surface area contributed by atoms with Crippen molar-refractivity contribution in [3.63, 3.8) is 0 Å². The van der Waals surface area contributed by atoms with Crippen molar-refractivity contribution < 1.29 is 163 Å². The van der Waals surface area contributed by atoms with Crippen LogP contribution in [-0.2, 0) is 71.2 Å². The van der Waals surface area contributed by atoms with Crippen LogP contribution in [0.4, 0.5) is 0 Å². The van der Waals surface area contributed by atoms with Crippen molar-refractivity contribution >= 4 is 11.9 Å². The molecule has 33 heteroatoms. The first-order valence-corrected chi connectivity index (χ1v) is 23.1. The minimum absolute atomic E-state index is 0.674. The predicted molar refractivity (Wildman–Crippen MR) is 217 cm³/mol. The topological polar surface area (TPSA) is 518 Å². The summed E-state index contributed by atoms with van der Waals surface area (Å²) in [5.74, 6) is -2.50. The summed E-state index contributed by atoms with van der Waals surface area (Å²) in [7, 11) is 0. The highest BCUT2D eigenvalue weighted by molar-refractivity contribution is 5.76. The molecule has 1 unspecified atom stereocenters. The van der Waals surface area contributed by atoms with Crippen molar-refractivity contribution in [2.24, 2.45) is 0 Å². The number of aliphatic carboxylic acids is 1. The molecular weight excluding hydrogens is 1010 g/mol. The van der Waals surface area contributed by atoms with Gasteiger partial charge in [-0.15, -0.1) is 0 Å². The molecule has 22 aliphatic rings. The quantitative estimate of drug-likeness (QED) is 0.0903. The molecule has 33 nitrogen and oxygen atoms in total. The van der Waals surface area contributed by atoms with Crippen molar-refractivity contribution in [3.8, 4) is 0 Å². The van der Waals surface area contributed by atoms with E-state index >= 15 is 0 Å². The fourth-order valence-electron chi connectivity index (χ4n) is 9.37. The molecule has 22 heterocycles. The van der Waals surface area contributed by atoms with Gasteiger partial charge >= 0.3 is 11.9 Å². The van der Waals surface area contributed by atoms with Gasteiger partial charge in [-0.3, -0.25) is 9.59 Å². The number of carbonyl (C=O) groups is 2. The molecule has 30 atom stereocenters. The molecule has 22 aliphatic heterocycles. The maximum Gasteiger partial charge on any atom is 0.306 e. The SMILES string of the molecule is O=C(O)CCC(=O)OC[C@H]1O[C@@H]2O[C@H]3[C@H](O)[C@@H](O)[C@@H](O[C@H]4[C@H](O)[C@@H](O)[C@@H](O[C@H]5[C@H](O)[C@@H](O)[C@@H](O[C@H]6[C@H](O)[C@@H](O)[C@@H](O[C@H]7[C@H](O)[C@@H](O)[C@@H](O[C@H]1[C@H](O)C2O)O[C@@H]7CO)O[C@@H]6CO)O[C@@H]5CO)O[C@@H]4CO)O[C@@H]3CO. The Morgan fingerprint density at radius 3 is 0.712 bits per heavy atom. The van der Waals surface area contributed by atoms with Crippen molar-refractivity contribution in [3.05, 3.63) is 0 Å². The highest BCUT2D eigenvalue weighted by Crippen LogP contribution is 2.38. The second kappa shape index (κ2) is 25.1. The number of carboxylic acid groups (broad SMARTS) is 1. The number of hydrogen-bond donors (Lipinski definition) is 18. The molecule has 0 radical (unpaired) electrons. The molecule has 22 saturated heterocycles. The Kier molecular flexibility index (Phi) is 20.1. The average molecular weight is 1070 g/mol. The summed E-state index contributed by atoms with van der Waals surface area (Å²) >= 11 is 0. The standard InChI is InChI=1S/C40H64O33/c41-3-9-29-17(49)23(55)35(62-9)69-30-10(4-42)64-37(25(57)19(30)51)71-32-12(6-44)66-39(27(59)21(32)53)73-34-14(8-61-16(48)2-1-15(46)47)67-40(28(60)22(34)54)72-33-13(7-45)65-38(26(58)20(33)52)70-31-11(5-43)63-36(68-29)24(56)18(31)50/h9-14,17-45,49-60H,1-8H2,(H,46,47)/t9-,10-,11-,12-,13-,14-,17-,18-,19-,20-,21-,22-,23-,24-,25-,26-,27-,28?,29-,30-,31-,32-,33-,34-,35-,36-,37-,38-,39-,40-/m1/s1. The molecule has 73 heavy (non-hydrogen) atoms. The van der Waals surface area contributed by atoms with Crippen LogP contribution in [0.15, 0.2) is 0 Å². The van der Waals surface area contributed by atoms with E-state index in [1.807, 2.05) is 0 Å². The van der Waals surface area contributed by atoms with E-state index in [0.717, 1.165) is 0 Å². The van der Waals surface area contributed by atoms with E-state index in [9.17, 15) is 96.4 Å². The van der Waals surface area contributed by atoms with Gasteiger partial charge in [0, 0.05) is 0 Å². The van der Waals surface area contributed by atoms with Crippen LogP contribution in [0, 0.1) is 0 Å². The molecule has 12 bridgehead atoms. The van der Waals surface area contributed by atoms with Crippen LogP contribution in [0.3, 0.4) is 0 Å². The van der Waals surface area contributed by atoms with Gasteiger partial charge in [0.15, 0.2) is 37.7 Å². The van der Waals surface area contributed by atoms with Crippen molar-refractivity contribution in [2.75, 3.05) is 39.6 Å². The zero-order chi connectivity index (χ0) is 53.3. The van der Waals surface area contributed by atoms with Crippen LogP contribution >= 0.6 is 0 Å². The third kappa shape index (κ3) is 12.2. The fraction of sp³-hybridized carbons (Fsp3) is 0.950. The molecule has 0 aromatic heterocycles. The lowest BCUT2D eigenvalue weighted by atomic mass is 9.94. The maximum absolute atomic E-state index is 12.5. The zero-order valence-electron chi connectivity index (χ0n) is 38.2. The van der Waals surface area contributed by atoms with Gasteiger partial charge in [0.05, 0.1) is 45.9 Å². The van der Waals surface area contributed by atoms with Crippen LogP contribution in [0.25, 0.3) is 0 Å². The number of aliphatic hydroxyl groups is 17. The molecular formula is C40H64O33. The Labute approximate surface area is 411 Å². The summed E-state index contributed by atoms with van der Waals surface area (Å²) < 4.78 is 73.6. The first-order chi connectivity index (χ1) is 34.7. The fourth-order valence-corrected chi connectivity index (χ4v) is 9.37. The lowest BCUT2D eigenvalue weighted by Crippen LogP contribution is -2.69. The van der Waals surface area contributed by atoms with Crippen molar-refractivity contribution in [1.29, 1.82) is 0 Å². The van der Waals surface area contributed by atoms with Crippen LogP contribution in [0.5, 0.6) is 0 Å². The Hall–Kier alpha value is -2.22. The summed E-state index contributed by atoms with van der Waals surface area (Å²) in [6.07, 6.45) is -62.1. The van der Waals surface area contributed by atoms with E-state index < -0.39 is 249 Å². The first kappa shape index (κ1) is 58.5. The minimum Gasteiger partial charge on any atom is -0.481 e. The summed E-state index contributed by atoms with van der Waals surface area (Å²) in [4.78, 5) is 23.6. The van der Waals surface area contributed by atoms with E-state index in [1.165, 1.54) is 0 Å². The molecule has 0 amide bonds. The Balaban J connectivity index is 1.21. The highest BCUT2D eigenvalue weighted by Gasteiger charge is 2.59. The van der Waals surface area contributed by atoms with Gasteiger partial charge in [-0.2, -0.15) is 0 Å². The third-order valence-corrected chi connectivity index (χ3v) is 13.4. The molecule has 22 fully saturated rings. The molecule has 0 aliphatic carbocycles. The average Bonchev–Trinajstić information content (AvgIpc) is 3.37. The Morgan fingerprint density at radius 1 is 0.301 bits per heavy atom. The number of ether oxygens (including phenoxy) is 13. The monoisotopic (exact) mass is 1070 g/mol. The zero-order valence-corrected chi connectivity index (χ0v) is 38.2. The molecule has 18 N–H and O–H groups in total. The Morgan fingerprint density at radius 2 is 0.507 bits per heavy atom. The van der Waals surface area contributed by atoms with E-state index in [2.05, 4.69) is 0 Å². The number of carboxylic acids is 1. The molecule has 422 valence electrons. The van der Waals surface area contributed by atoms with E-state index in [1.54, 1.807) is 0 Å². The third-order valence-electron chi connectivity index (χ3n) is 13.4. The van der Waals surface area contributed by atoms with Gasteiger partial charge in [-0.1, -0.05) is 0 Å². The highest BCUT2D eigenvalue weighted by atomic mass is 16.8. The van der Waals surface area contributed by atoms with Gasteiger partial charge in [0.2, 0.25) is 0 Å². The summed E-state index contributed by atoms with van der Waals surface area (Å²) in [5.41, 5.74) is 0. The smallest absolute Gasteiger partial charge is 0.306 e. The van der Waals surface area contributed by atoms with Crippen molar-refractivity contribution in [1.82, 2.24) is 0 Å². The number of hydrogen-bond acceptors (Lipinski definition) is 32. The predicted octanol–water partition coefficient (Wildman–Crippen LogP) is -12.6. The first-order valence-electron chi connectivity index (χ1n) is 23.1. The van der Waals surface area contributed by atoms with Crippen LogP contribution in [0.2, 0.25) is 0 Å². The number of carbonyl (C=O) groups excluding carboxylic acids is 1. The van der Waals surface area contributed by atoms with E-state index in [-0.39, 0.29) is 0 Å². The van der Waals surface area contributed by atoms with E-state index in [4.69, 9.17) is 66.7 Å². The van der Waals surface area contributed by atoms with Gasteiger partial charge in [0.25, 0.3) is 0 Å². The van der Waals surface area contributed by atoms with Gasteiger partial charge in [-0.25, -0.2) is 0 Å². The van der Waals surface area contributed by atoms with Crippen LogP contribution in [0.1, 0.15) is 12.8 Å². The lowest BCUT2D eigenvalue weighted by molar-refractivity contribution is -0.404. The van der Waals surface area contributed by atoms with Crippen molar-refractivity contribution in [2.45, 2.75) is 197 Å². The molecule has 0 aromatic carbocycles. The number of aliphatic hydroxyl groups excluding tert-OH is 17. The minimum atomic E-state index is -2.27. The van der Waals surface area contributed by atoms with Gasteiger partial charge in [0.1, 0.15) is 153 Å². The summed E-state index contributed by atoms with van der Waals surface area (Å²) in [6.45, 7) is -6.17. The Bertz CT molecular complexity index is 1760. The second-order valence-electron chi connectivity index (χ2n) is 18.2. The molecule has 22 rings (SSSR count). The lowest BCUT2D eigenvalue weighted by Gasteiger charge is -2.50. The summed E-state index contributed by atoms with van der Waals surface area (Å²) in [5, 5.41) is 196. The van der Waals surface area contributed by atoms with Gasteiger partial charge < -0.3 is 153 Å². The number of esters is 1. The largest absolute Gasteiger partial charge is 0.481 e. The molecule has 0 aromatic rings. The normalized spacial score (nSPS) is 51.0. The van der Waals surface area contributed by atoms with E-state index in [0.29, 0.717) is 0 Å². The number of rotatable bonds is 10. The summed E-state index contributed by atoms with van der Waals surface area (Å²) in [6, 6.07) is 0. The molecule has 0 spiro atoms. The van der Waals surface area contributed by atoms with Gasteiger partial charge in [-0.05, 0) is 0 Å². The second-order valence-corrected chi connectivity index (χ2v) is 18.2. The molecule has 0 saturated carbocycles. The maximum atomic E-state index is 12.5.